The summed E-state index contributed by atoms with van der Waals surface area (Å²) in [7, 11) is 0. The third-order valence-electron chi connectivity index (χ3n) is 4.83. The number of nitrogens with one attached hydrogen (secondary N) is 1. The van der Waals surface area contributed by atoms with Gasteiger partial charge in [0.2, 0.25) is 0 Å². The minimum absolute atomic E-state index is 0.369. The first-order chi connectivity index (χ1) is 12.8. The van der Waals surface area contributed by atoms with E-state index in [-0.39, 0.29) is 0 Å². The van der Waals surface area contributed by atoms with Gasteiger partial charge in [-0.05, 0) is 56.0 Å². The molecule has 1 atom stereocenters. The van der Waals surface area contributed by atoms with Crippen LogP contribution < -0.4 is 10.1 Å². The molecule has 0 fully saturated rings. The van der Waals surface area contributed by atoms with Crippen molar-refractivity contribution in [1.29, 1.82) is 0 Å². The summed E-state index contributed by atoms with van der Waals surface area (Å²) >= 11 is 0. The lowest BCUT2D eigenvalue weighted by molar-refractivity contribution is 0.304. The van der Waals surface area contributed by atoms with Crippen LogP contribution in [0.1, 0.15) is 69.5 Å². The third-order valence-corrected chi connectivity index (χ3v) is 4.83. The number of ether oxygens (including phenoxy) is 1. The molecule has 1 unspecified atom stereocenters. The van der Waals surface area contributed by atoms with Gasteiger partial charge >= 0.3 is 0 Å². The highest BCUT2D eigenvalue weighted by molar-refractivity contribution is 5.29. The van der Waals surface area contributed by atoms with Gasteiger partial charge in [0, 0.05) is 6.04 Å². The zero-order valence-electron chi connectivity index (χ0n) is 16.5. The average molecular weight is 354 g/mol. The molecule has 142 valence electrons. The number of hydrogen-bond donors (Lipinski definition) is 1. The SMILES string of the molecule is CCCCCCCOc1ccc(C(C)NCCCc2ccccc2)cc1. The fourth-order valence-electron chi connectivity index (χ4n) is 3.12. The summed E-state index contributed by atoms with van der Waals surface area (Å²) in [6.45, 7) is 6.34. The van der Waals surface area contributed by atoms with Crippen LogP contribution in [0.25, 0.3) is 0 Å². The van der Waals surface area contributed by atoms with Crippen molar-refractivity contribution in [3.8, 4) is 5.75 Å². The molecule has 2 heteroatoms. The molecule has 0 aromatic heterocycles. The van der Waals surface area contributed by atoms with Crippen molar-refractivity contribution in [2.75, 3.05) is 13.2 Å². The van der Waals surface area contributed by atoms with Crippen LogP contribution in [0.3, 0.4) is 0 Å². The third kappa shape index (κ3) is 8.05. The van der Waals surface area contributed by atoms with Crippen LogP contribution in [0, 0.1) is 0 Å². The molecule has 0 heterocycles. The van der Waals surface area contributed by atoms with E-state index in [1.807, 2.05) is 0 Å². The lowest BCUT2D eigenvalue weighted by atomic mass is 10.1. The zero-order chi connectivity index (χ0) is 18.5. The van der Waals surface area contributed by atoms with Crippen LogP contribution in [0.2, 0.25) is 0 Å². The summed E-state index contributed by atoms with van der Waals surface area (Å²) in [5, 5.41) is 3.62. The minimum Gasteiger partial charge on any atom is -0.494 e. The van der Waals surface area contributed by atoms with Crippen molar-refractivity contribution in [2.45, 2.75) is 64.8 Å². The Bertz CT molecular complexity index is 579. The van der Waals surface area contributed by atoms with E-state index in [0.29, 0.717) is 6.04 Å². The van der Waals surface area contributed by atoms with Crippen molar-refractivity contribution in [2.24, 2.45) is 0 Å². The van der Waals surface area contributed by atoms with Crippen LogP contribution in [0.15, 0.2) is 54.6 Å². The van der Waals surface area contributed by atoms with Crippen LogP contribution in [0.5, 0.6) is 5.75 Å². The Morgan fingerprint density at radius 1 is 0.846 bits per heavy atom. The molecule has 0 amide bonds. The molecule has 2 aromatic rings. The molecule has 1 N–H and O–H groups in total. The second-order valence-corrected chi connectivity index (χ2v) is 7.10. The van der Waals surface area contributed by atoms with E-state index < -0.39 is 0 Å². The normalized spacial score (nSPS) is 12.1. The van der Waals surface area contributed by atoms with E-state index in [2.05, 4.69) is 73.8 Å². The van der Waals surface area contributed by atoms with Crippen molar-refractivity contribution in [3.05, 3.63) is 65.7 Å². The van der Waals surface area contributed by atoms with E-state index in [9.17, 15) is 0 Å². The van der Waals surface area contributed by atoms with Crippen LogP contribution in [0.4, 0.5) is 0 Å². The highest BCUT2D eigenvalue weighted by Crippen LogP contribution is 2.18. The Morgan fingerprint density at radius 2 is 1.58 bits per heavy atom. The molecule has 0 radical (unpaired) electrons. The van der Waals surface area contributed by atoms with E-state index in [0.717, 1.165) is 38.2 Å². The lowest BCUT2D eigenvalue weighted by Gasteiger charge is -2.15. The molecule has 0 bridgehead atoms. The second-order valence-electron chi connectivity index (χ2n) is 7.10. The number of aryl methyl sites for hydroxylation is 1. The molecule has 2 rings (SSSR count). The molecule has 0 aliphatic carbocycles. The summed E-state index contributed by atoms with van der Waals surface area (Å²) in [5.74, 6) is 0.987. The molecule has 0 spiro atoms. The van der Waals surface area contributed by atoms with Gasteiger partial charge < -0.3 is 10.1 Å². The van der Waals surface area contributed by atoms with Gasteiger partial charge in [-0.1, -0.05) is 75.1 Å². The summed E-state index contributed by atoms with van der Waals surface area (Å²) in [4.78, 5) is 0. The summed E-state index contributed by atoms with van der Waals surface area (Å²) in [5.41, 5.74) is 2.73. The highest BCUT2D eigenvalue weighted by atomic mass is 16.5. The molecule has 0 aliphatic heterocycles. The van der Waals surface area contributed by atoms with E-state index in [4.69, 9.17) is 4.74 Å². The van der Waals surface area contributed by atoms with Crippen LogP contribution >= 0.6 is 0 Å². The highest BCUT2D eigenvalue weighted by Gasteiger charge is 2.05. The molecular weight excluding hydrogens is 318 g/mol. The quantitative estimate of drug-likeness (QED) is 0.425. The largest absolute Gasteiger partial charge is 0.494 e. The fourth-order valence-corrected chi connectivity index (χ4v) is 3.12. The Morgan fingerprint density at radius 3 is 2.31 bits per heavy atom. The smallest absolute Gasteiger partial charge is 0.119 e. The van der Waals surface area contributed by atoms with Crippen molar-refractivity contribution >= 4 is 0 Å². The number of hydrogen-bond acceptors (Lipinski definition) is 2. The summed E-state index contributed by atoms with van der Waals surface area (Å²) in [6.07, 6.45) is 8.67. The van der Waals surface area contributed by atoms with Crippen LogP contribution in [-0.4, -0.2) is 13.2 Å². The monoisotopic (exact) mass is 353 g/mol. The van der Waals surface area contributed by atoms with Gasteiger partial charge in [0.25, 0.3) is 0 Å². The Kier molecular flexibility index (Phi) is 9.89. The van der Waals surface area contributed by atoms with Gasteiger partial charge in [0.15, 0.2) is 0 Å². The molecule has 0 saturated carbocycles. The maximum atomic E-state index is 5.85. The van der Waals surface area contributed by atoms with Gasteiger partial charge in [-0.2, -0.15) is 0 Å². The van der Waals surface area contributed by atoms with Gasteiger partial charge in [-0.25, -0.2) is 0 Å². The lowest BCUT2D eigenvalue weighted by Crippen LogP contribution is -2.20. The molecule has 0 saturated heterocycles. The first kappa shape index (κ1) is 20.5. The Hall–Kier alpha value is -1.80. The van der Waals surface area contributed by atoms with Gasteiger partial charge in [0.1, 0.15) is 5.75 Å². The number of rotatable bonds is 13. The molecule has 26 heavy (non-hydrogen) atoms. The summed E-state index contributed by atoms with van der Waals surface area (Å²) < 4.78 is 5.85. The topological polar surface area (TPSA) is 21.3 Å². The van der Waals surface area contributed by atoms with Crippen molar-refractivity contribution in [3.63, 3.8) is 0 Å². The van der Waals surface area contributed by atoms with Crippen molar-refractivity contribution < 1.29 is 4.74 Å². The number of unbranched alkanes of at least 4 members (excludes halogenated alkanes) is 4. The predicted molar refractivity (Wildman–Crippen MR) is 112 cm³/mol. The predicted octanol–water partition coefficient (Wildman–Crippen LogP) is 6.32. The second kappa shape index (κ2) is 12.5. The van der Waals surface area contributed by atoms with Gasteiger partial charge in [-0.3, -0.25) is 0 Å². The Balaban J connectivity index is 1.62. The van der Waals surface area contributed by atoms with E-state index >= 15 is 0 Å². The van der Waals surface area contributed by atoms with E-state index in [1.54, 1.807) is 0 Å². The van der Waals surface area contributed by atoms with Crippen molar-refractivity contribution in [1.82, 2.24) is 5.32 Å². The van der Waals surface area contributed by atoms with Crippen LogP contribution in [-0.2, 0) is 6.42 Å². The first-order valence-corrected chi connectivity index (χ1v) is 10.3. The summed E-state index contributed by atoms with van der Waals surface area (Å²) in [6, 6.07) is 19.6. The van der Waals surface area contributed by atoms with Gasteiger partial charge in [0.05, 0.1) is 6.61 Å². The maximum Gasteiger partial charge on any atom is 0.119 e. The standard InChI is InChI=1S/C24H35NO/c1-3-4-5-6-10-20-26-24-17-15-23(16-18-24)21(2)25-19-11-14-22-12-8-7-9-13-22/h7-9,12-13,15-18,21,25H,3-6,10-11,14,19-20H2,1-2H3. The maximum absolute atomic E-state index is 5.85. The Labute approximate surface area is 160 Å². The molecule has 2 aromatic carbocycles. The average Bonchev–Trinajstić information content (AvgIpc) is 2.69. The molecular formula is C24H35NO. The molecule has 0 aliphatic rings. The van der Waals surface area contributed by atoms with E-state index in [1.165, 1.54) is 36.8 Å². The first-order valence-electron chi connectivity index (χ1n) is 10.3. The zero-order valence-corrected chi connectivity index (χ0v) is 16.5. The van der Waals surface area contributed by atoms with Gasteiger partial charge in [-0.15, -0.1) is 0 Å². The fraction of sp³-hybridized carbons (Fsp3) is 0.500. The molecule has 2 nitrogen and oxygen atoms in total. The number of benzene rings is 2. The minimum atomic E-state index is 0.369.